The summed E-state index contributed by atoms with van der Waals surface area (Å²) in [6.45, 7) is -2.27. The minimum Gasteiger partial charge on any atom is -0.345 e. The average molecular weight is 592 g/mol. The number of nitrogens with zero attached hydrogens (tertiary/aromatic N) is 6. The molecule has 1 N–H and O–H groups in total. The third-order valence-corrected chi connectivity index (χ3v) is 7.93. The number of alkyl halides is 4. The predicted molar refractivity (Wildman–Crippen MR) is 144 cm³/mol. The average Bonchev–Trinajstić information content (AvgIpc) is 3.56. The lowest BCUT2D eigenvalue weighted by molar-refractivity contribution is -0.162. The molecule has 43 heavy (non-hydrogen) atoms. The van der Waals surface area contributed by atoms with E-state index in [1.54, 1.807) is 45.6 Å². The van der Waals surface area contributed by atoms with E-state index in [-0.39, 0.29) is 36.3 Å². The van der Waals surface area contributed by atoms with Crippen LogP contribution in [-0.2, 0) is 22.7 Å². The number of amides is 4. The molecule has 7 rings (SSSR count). The maximum absolute atomic E-state index is 14.1. The molecule has 0 atom stereocenters. The molecule has 4 aromatic rings. The summed E-state index contributed by atoms with van der Waals surface area (Å²) in [4.78, 5) is 45.6. The first kappa shape index (κ1) is 26.7. The van der Waals surface area contributed by atoms with Gasteiger partial charge in [0.05, 0.1) is 59.7 Å². The van der Waals surface area contributed by atoms with E-state index in [1.165, 1.54) is 17.2 Å². The second-order valence-electron chi connectivity index (χ2n) is 10.9. The molecule has 1 aromatic carbocycles. The second kappa shape index (κ2) is 9.15. The fraction of sp³-hybridized carbons (Fsp3) is 0.276. The van der Waals surface area contributed by atoms with Crippen LogP contribution in [0.5, 0.6) is 0 Å². The Morgan fingerprint density at radius 1 is 1.00 bits per heavy atom. The zero-order chi connectivity index (χ0) is 30.3. The van der Waals surface area contributed by atoms with Crippen LogP contribution in [0.1, 0.15) is 28.8 Å². The Labute approximate surface area is 240 Å². The van der Waals surface area contributed by atoms with Gasteiger partial charge in [0.15, 0.2) is 0 Å². The standard InChI is InChI=1S/C29H21F4N7O3/c30-28(31)13-29(32,33)15-39(14-28)27(43)38-6-5-37-12-19(18-8-16(9-34)7-17(11-38)24(18)37)22-23(26(42)36-25(22)41)20-10-35-21-3-1-2-4-40(20)21/h1-4,7-8,10,12H,5-6,11,13-15H2,(H,36,41,42). The van der Waals surface area contributed by atoms with Crippen molar-refractivity contribution < 1.29 is 31.9 Å². The van der Waals surface area contributed by atoms with Gasteiger partial charge >= 0.3 is 6.03 Å². The first-order chi connectivity index (χ1) is 20.4. The van der Waals surface area contributed by atoms with E-state index in [1.807, 2.05) is 0 Å². The number of pyridine rings is 1. The van der Waals surface area contributed by atoms with Crippen molar-refractivity contribution in [2.75, 3.05) is 19.6 Å². The Balaban J connectivity index is 1.34. The van der Waals surface area contributed by atoms with Crippen LogP contribution in [0.15, 0.2) is 48.9 Å². The van der Waals surface area contributed by atoms with Crippen LogP contribution in [0.2, 0.25) is 0 Å². The van der Waals surface area contributed by atoms with Gasteiger partial charge in [-0.15, -0.1) is 0 Å². The van der Waals surface area contributed by atoms with Gasteiger partial charge in [0.2, 0.25) is 0 Å². The molecule has 3 aromatic heterocycles. The van der Waals surface area contributed by atoms with E-state index in [0.717, 1.165) is 0 Å². The number of halogens is 4. The smallest absolute Gasteiger partial charge is 0.320 e. The lowest BCUT2D eigenvalue weighted by Gasteiger charge is -2.39. The quantitative estimate of drug-likeness (QED) is 0.282. The third-order valence-electron chi connectivity index (χ3n) is 7.93. The van der Waals surface area contributed by atoms with Gasteiger partial charge in [0, 0.05) is 43.0 Å². The first-order valence-corrected chi connectivity index (χ1v) is 13.3. The molecule has 6 heterocycles. The van der Waals surface area contributed by atoms with Crippen LogP contribution >= 0.6 is 0 Å². The Hall–Kier alpha value is -5.19. The monoisotopic (exact) mass is 591 g/mol. The van der Waals surface area contributed by atoms with Crippen molar-refractivity contribution in [3.8, 4) is 6.07 Å². The number of likely N-dealkylation sites (tertiary alicyclic amines) is 1. The summed E-state index contributed by atoms with van der Waals surface area (Å²) in [5.74, 6) is -8.71. The molecule has 3 aliphatic heterocycles. The second-order valence-corrected chi connectivity index (χ2v) is 10.9. The Kier molecular flexibility index (Phi) is 5.68. The number of piperidine rings is 1. The van der Waals surface area contributed by atoms with Crippen molar-refractivity contribution in [1.82, 2.24) is 29.1 Å². The highest BCUT2D eigenvalue weighted by Gasteiger charge is 2.52. The van der Waals surface area contributed by atoms with Crippen LogP contribution in [0.3, 0.4) is 0 Å². The zero-order valence-electron chi connectivity index (χ0n) is 22.3. The fourth-order valence-electron chi connectivity index (χ4n) is 6.28. The Morgan fingerprint density at radius 3 is 2.49 bits per heavy atom. The van der Waals surface area contributed by atoms with Crippen molar-refractivity contribution >= 4 is 45.5 Å². The molecular formula is C29H21F4N7O3. The summed E-state index contributed by atoms with van der Waals surface area (Å²) in [5, 5.41) is 12.6. The van der Waals surface area contributed by atoms with Gasteiger partial charge in [-0.2, -0.15) is 5.26 Å². The SMILES string of the molecule is N#Cc1cc2c3c(c1)c(C1=C(c4cnc5ccccn45)C(=O)NC1=O)cn3CCN(C(=O)N1CC(F)(F)CC(F)(F)C1)C2. The van der Waals surface area contributed by atoms with E-state index < -0.39 is 49.2 Å². The highest BCUT2D eigenvalue weighted by atomic mass is 19.3. The van der Waals surface area contributed by atoms with Crippen LogP contribution < -0.4 is 5.32 Å². The van der Waals surface area contributed by atoms with Crippen LogP contribution in [0.25, 0.3) is 27.7 Å². The molecule has 4 amide bonds. The van der Waals surface area contributed by atoms with Crippen LogP contribution in [0.4, 0.5) is 22.4 Å². The number of benzene rings is 1. The molecule has 1 saturated heterocycles. The highest BCUT2D eigenvalue weighted by molar-refractivity contribution is 6.49. The number of aromatic nitrogens is 3. The molecule has 1 fully saturated rings. The normalized spacial score (nSPS) is 19.6. The van der Waals surface area contributed by atoms with Gasteiger partial charge in [0.25, 0.3) is 23.7 Å². The van der Waals surface area contributed by atoms with Gasteiger partial charge < -0.3 is 14.4 Å². The molecule has 0 aliphatic carbocycles. The third kappa shape index (κ3) is 4.30. The Bertz CT molecular complexity index is 1950. The molecule has 14 heteroatoms. The number of imidazole rings is 1. The van der Waals surface area contributed by atoms with Crippen molar-refractivity contribution in [1.29, 1.82) is 5.26 Å². The molecule has 10 nitrogen and oxygen atoms in total. The molecule has 0 bridgehead atoms. The van der Waals surface area contributed by atoms with E-state index in [0.29, 0.717) is 38.3 Å². The summed E-state index contributed by atoms with van der Waals surface area (Å²) in [7, 11) is 0. The number of urea groups is 1. The van der Waals surface area contributed by atoms with Gasteiger partial charge in [-0.05, 0) is 29.8 Å². The summed E-state index contributed by atoms with van der Waals surface area (Å²) in [5.41, 5.74) is 2.75. The lowest BCUT2D eigenvalue weighted by atomic mass is 9.97. The molecular weight excluding hydrogens is 570 g/mol. The summed E-state index contributed by atoms with van der Waals surface area (Å²) in [6.07, 6.45) is 3.23. The number of nitriles is 1. The first-order valence-electron chi connectivity index (χ1n) is 13.3. The number of hydrogen-bond donors (Lipinski definition) is 1. The van der Waals surface area contributed by atoms with E-state index in [9.17, 15) is 37.2 Å². The number of carbonyl (C=O) groups is 3. The van der Waals surface area contributed by atoms with E-state index in [4.69, 9.17) is 0 Å². The molecule has 0 radical (unpaired) electrons. The predicted octanol–water partition coefficient (Wildman–Crippen LogP) is 3.64. The van der Waals surface area contributed by atoms with E-state index in [2.05, 4.69) is 16.4 Å². The maximum Gasteiger partial charge on any atom is 0.320 e. The van der Waals surface area contributed by atoms with Gasteiger partial charge in [-0.3, -0.25) is 19.3 Å². The summed E-state index contributed by atoms with van der Waals surface area (Å²) in [6, 6.07) is 9.50. The number of hydrogen-bond acceptors (Lipinski definition) is 5. The number of nitrogens with one attached hydrogen (secondary N) is 1. The lowest BCUT2D eigenvalue weighted by Crippen LogP contribution is -2.57. The molecule has 0 spiro atoms. The van der Waals surface area contributed by atoms with Gasteiger partial charge in [0.1, 0.15) is 5.65 Å². The number of carbonyl (C=O) groups excluding carboxylic acids is 3. The van der Waals surface area contributed by atoms with Crippen molar-refractivity contribution in [2.24, 2.45) is 0 Å². The number of fused-ring (bicyclic) bond motifs is 1. The molecule has 0 unspecified atom stereocenters. The van der Waals surface area contributed by atoms with Crippen LogP contribution in [0, 0.1) is 11.3 Å². The van der Waals surface area contributed by atoms with E-state index >= 15 is 0 Å². The molecule has 0 saturated carbocycles. The van der Waals surface area contributed by atoms with Gasteiger partial charge in [-0.1, -0.05) is 6.07 Å². The molecule has 218 valence electrons. The Morgan fingerprint density at radius 2 is 1.74 bits per heavy atom. The number of imide groups is 1. The maximum atomic E-state index is 14.1. The van der Waals surface area contributed by atoms with Crippen molar-refractivity contribution in [2.45, 2.75) is 31.4 Å². The largest absolute Gasteiger partial charge is 0.345 e. The summed E-state index contributed by atoms with van der Waals surface area (Å²) >= 11 is 0. The van der Waals surface area contributed by atoms with Gasteiger partial charge in [-0.25, -0.2) is 27.3 Å². The topological polar surface area (TPSA) is 116 Å². The zero-order valence-corrected chi connectivity index (χ0v) is 22.3. The van der Waals surface area contributed by atoms with Crippen molar-refractivity contribution in [3.63, 3.8) is 0 Å². The molecule has 3 aliphatic rings. The minimum absolute atomic E-state index is 0.0173. The highest BCUT2D eigenvalue weighted by Crippen LogP contribution is 2.40. The van der Waals surface area contributed by atoms with Crippen LogP contribution in [-0.4, -0.2) is 73.1 Å². The minimum atomic E-state index is -3.73. The fourth-order valence-corrected chi connectivity index (χ4v) is 6.28. The summed E-state index contributed by atoms with van der Waals surface area (Å²) < 4.78 is 59.7. The number of rotatable bonds is 2. The van der Waals surface area contributed by atoms with Crippen molar-refractivity contribution in [3.05, 3.63) is 71.3 Å².